The highest BCUT2D eigenvalue weighted by Crippen LogP contribution is 2.41. The zero-order valence-corrected chi connectivity index (χ0v) is 17.0. The van der Waals surface area contributed by atoms with Gasteiger partial charge in [0.2, 0.25) is 11.8 Å². The summed E-state index contributed by atoms with van der Waals surface area (Å²) in [4.78, 5) is 44.0. The number of nitrogens with zero attached hydrogens (tertiary/aromatic N) is 3. The maximum atomic E-state index is 12.9. The first-order valence-corrected chi connectivity index (χ1v) is 10.3. The molecule has 0 atom stereocenters. The molecular formula is C19H27N3O4S. The molecule has 0 spiro atoms. The van der Waals surface area contributed by atoms with Gasteiger partial charge in [-0.1, -0.05) is 13.8 Å². The van der Waals surface area contributed by atoms with Gasteiger partial charge in [-0.25, -0.2) is 0 Å². The van der Waals surface area contributed by atoms with E-state index >= 15 is 0 Å². The monoisotopic (exact) mass is 393 g/mol. The summed E-state index contributed by atoms with van der Waals surface area (Å²) in [6.07, 6.45) is 2.26. The van der Waals surface area contributed by atoms with Gasteiger partial charge in [-0.3, -0.25) is 19.3 Å². The molecule has 7 nitrogen and oxygen atoms in total. The number of thiophene rings is 1. The zero-order chi connectivity index (χ0) is 19.7. The number of aliphatic hydroxyl groups excluding tert-OH is 1. The van der Waals surface area contributed by atoms with E-state index in [0.29, 0.717) is 30.1 Å². The van der Waals surface area contributed by atoms with Gasteiger partial charge in [-0.05, 0) is 24.8 Å². The smallest absolute Gasteiger partial charge is 0.257 e. The van der Waals surface area contributed by atoms with Crippen molar-refractivity contribution in [1.29, 1.82) is 0 Å². The molecular weight excluding hydrogens is 366 g/mol. The predicted octanol–water partition coefficient (Wildman–Crippen LogP) is 1.48. The van der Waals surface area contributed by atoms with Crippen LogP contribution in [0, 0.1) is 5.92 Å². The van der Waals surface area contributed by atoms with Crippen molar-refractivity contribution in [2.24, 2.45) is 5.92 Å². The van der Waals surface area contributed by atoms with Crippen molar-refractivity contribution in [3.63, 3.8) is 0 Å². The minimum Gasteiger partial charge on any atom is -0.395 e. The van der Waals surface area contributed by atoms with Crippen LogP contribution < -0.4 is 4.90 Å². The van der Waals surface area contributed by atoms with Crippen LogP contribution in [0.1, 0.15) is 47.5 Å². The van der Waals surface area contributed by atoms with E-state index in [2.05, 4.69) is 0 Å². The average Bonchev–Trinajstić information content (AvgIpc) is 3.00. The van der Waals surface area contributed by atoms with Crippen LogP contribution in [-0.2, 0) is 22.6 Å². The first-order valence-electron chi connectivity index (χ1n) is 9.52. The van der Waals surface area contributed by atoms with Crippen LogP contribution in [0.4, 0.5) is 5.00 Å². The molecule has 2 aliphatic rings. The number of carbonyl (C=O) groups is 3. The first-order chi connectivity index (χ1) is 12.9. The summed E-state index contributed by atoms with van der Waals surface area (Å²) in [5, 5.41) is 9.99. The maximum absolute atomic E-state index is 12.9. The van der Waals surface area contributed by atoms with Gasteiger partial charge < -0.3 is 14.9 Å². The minimum absolute atomic E-state index is 0.00823. The lowest BCUT2D eigenvalue weighted by Gasteiger charge is -2.30. The summed E-state index contributed by atoms with van der Waals surface area (Å²) < 4.78 is 0. The van der Waals surface area contributed by atoms with Gasteiger partial charge in [-0.2, -0.15) is 0 Å². The zero-order valence-electron chi connectivity index (χ0n) is 16.2. The summed E-state index contributed by atoms with van der Waals surface area (Å²) >= 11 is 1.41. The molecule has 3 rings (SSSR count). The second-order valence-electron chi connectivity index (χ2n) is 7.14. The Bertz CT molecular complexity index is 756. The molecule has 1 N–H and O–H groups in total. The number of rotatable bonds is 5. The second kappa shape index (κ2) is 7.98. The number of hydrogen-bond acceptors (Lipinski definition) is 5. The number of hydrogen-bond donors (Lipinski definition) is 1. The van der Waals surface area contributed by atoms with Crippen LogP contribution in [0.2, 0.25) is 0 Å². The molecule has 3 heterocycles. The van der Waals surface area contributed by atoms with E-state index in [1.807, 2.05) is 18.7 Å². The number of amides is 3. The summed E-state index contributed by atoms with van der Waals surface area (Å²) in [7, 11) is 1.63. The predicted molar refractivity (Wildman–Crippen MR) is 104 cm³/mol. The van der Waals surface area contributed by atoms with E-state index < -0.39 is 0 Å². The van der Waals surface area contributed by atoms with Crippen molar-refractivity contribution >= 4 is 34.1 Å². The van der Waals surface area contributed by atoms with Crippen LogP contribution in [-0.4, -0.2) is 65.9 Å². The van der Waals surface area contributed by atoms with E-state index in [1.165, 1.54) is 21.1 Å². The lowest BCUT2D eigenvalue weighted by Crippen LogP contribution is -2.40. The Morgan fingerprint density at radius 2 is 1.93 bits per heavy atom. The van der Waals surface area contributed by atoms with Gasteiger partial charge in [0, 0.05) is 30.9 Å². The normalized spacial score (nSPS) is 17.3. The third-order valence-electron chi connectivity index (χ3n) is 5.49. The molecule has 0 saturated heterocycles. The minimum atomic E-state index is -0.192. The van der Waals surface area contributed by atoms with E-state index in [0.717, 1.165) is 23.3 Å². The standard InChI is InChI=1S/C19H27N3O4S/c1-4-12(5-2)17(25)21-7-6-13-14(10-21)27-19-16(13)18(26)20(3)11-15(24)22(19)8-9-23/h12,23H,4-11H2,1-3H3. The molecule has 0 aliphatic carbocycles. The molecule has 0 unspecified atom stereocenters. The second-order valence-corrected chi connectivity index (χ2v) is 8.22. The summed E-state index contributed by atoms with van der Waals surface area (Å²) in [5.41, 5.74) is 1.53. The molecule has 1 aromatic rings. The highest BCUT2D eigenvalue weighted by Gasteiger charge is 2.37. The van der Waals surface area contributed by atoms with E-state index in [-0.39, 0.29) is 43.3 Å². The van der Waals surface area contributed by atoms with Crippen LogP contribution in [0.3, 0.4) is 0 Å². The Balaban J connectivity index is 1.98. The van der Waals surface area contributed by atoms with Crippen LogP contribution >= 0.6 is 11.3 Å². The average molecular weight is 394 g/mol. The number of aliphatic hydroxyl groups is 1. The van der Waals surface area contributed by atoms with Gasteiger partial charge in [0.1, 0.15) is 11.5 Å². The molecule has 0 saturated carbocycles. The Morgan fingerprint density at radius 1 is 1.22 bits per heavy atom. The summed E-state index contributed by atoms with van der Waals surface area (Å²) in [5.74, 6) is -0.149. The molecule has 8 heteroatoms. The van der Waals surface area contributed by atoms with Crippen molar-refractivity contribution < 1.29 is 19.5 Å². The van der Waals surface area contributed by atoms with Crippen LogP contribution in [0.5, 0.6) is 0 Å². The SMILES string of the molecule is CCC(CC)C(=O)N1CCc2c(sc3c2C(=O)N(C)CC(=O)N3CCO)C1. The van der Waals surface area contributed by atoms with Crippen molar-refractivity contribution in [3.05, 3.63) is 16.0 Å². The molecule has 2 aliphatic heterocycles. The molecule has 0 aromatic carbocycles. The van der Waals surface area contributed by atoms with E-state index in [9.17, 15) is 19.5 Å². The number of anilines is 1. The number of fused-ring (bicyclic) bond motifs is 3. The largest absolute Gasteiger partial charge is 0.395 e. The lowest BCUT2D eigenvalue weighted by atomic mass is 9.98. The Labute approximate surface area is 163 Å². The van der Waals surface area contributed by atoms with Gasteiger partial charge in [0.05, 0.1) is 18.7 Å². The molecule has 27 heavy (non-hydrogen) atoms. The molecule has 0 radical (unpaired) electrons. The molecule has 148 valence electrons. The number of likely N-dealkylation sites (N-methyl/N-ethyl adjacent to an activating group) is 1. The molecule has 0 fully saturated rings. The molecule has 3 amide bonds. The van der Waals surface area contributed by atoms with Crippen molar-refractivity contribution in [2.45, 2.75) is 39.7 Å². The third kappa shape index (κ3) is 3.48. The third-order valence-corrected chi connectivity index (χ3v) is 6.73. The Hall–Kier alpha value is -1.93. The van der Waals surface area contributed by atoms with Crippen molar-refractivity contribution in [2.75, 3.05) is 38.2 Å². The van der Waals surface area contributed by atoms with Gasteiger partial charge in [-0.15, -0.1) is 11.3 Å². The molecule has 0 bridgehead atoms. The fourth-order valence-electron chi connectivity index (χ4n) is 3.87. The van der Waals surface area contributed by atoms with Gasteiger partial charge in [0.25, 0.3) is 5.91 Å². The summed E-state index contributed by atoms with van der Waals surface area (Å²) in [6.45, 7) is 5.16. The highest BCUT2D eigenvalue weighted by atomic mass is 32.1. The first kappa shape index (κ1) is 19.8. The van der Waals surface area contributed by atoms with Gasteiger partial charge >= 0.3 is 0 Å². The number of β-amino-alcohol motifs (C(OH)–C–C–N with tert-alkyl or cyclic N) is 1. The van der Waals surface area contributed by atoms with Crippen LogP contribution in [0.15, 0.2) is 0 Å². The maximum Gasteiger partial charge on any atom is 0.257 e. The van der Waals surface area contributed by atoms with Crippen molar-refractivity contribution in [1.82, 2.24) is 9.80 Å². The topological polar surface area (TPSA) is 81.2 Å². The van der Waals surface area contributed by atoms with E-state index in [1.54, 1.807) is 7.05 Å². The van der Waals surface area contributed by atoms with Crippen molar-refractivity contribution in [3.8, 4) is 0 Å². The highest BCUT2D eigenvalue weighted by molar-refractivity contribution is 7.17. The van der Waals surface area contributed by atoms with Crippen LogP contribution in [0.25, 0.3) is 0 Å². The molecule has 1 aromatic heterocycles. The van der Waals surface area contributed by atoms with Gasteiger partial charge in [0.15, 0.2) is 0 Å². The van der Waals surface area contributed by atoms with E-state index in [4.69, 9.17) is 0 Å². The fraction of sp³-hybridized carbons (Fsp3) is 0.632. The Kier molecular flexibility index (Phi) is 5.86. The summed E-state index contributed by atoms with van der Waals surface area (Å²) in [6, 6.07) is 0. The fourth-order valence-corrected chi connectivity index (χ4v) is 5.27. The Morgan fingerprint density at radius 3 is 2.56 bits per heavy atom. The quantitative estimate of drug-likeness (QED) is 0.822. The number of carbonyl (C=O) groups excluding carboxylic acids is 3. The lowest BCUT2D eigenvalue weighted by molar-refractivity contribution is -0.136.